The molecule has 0 amide bonds. The van der Waals surface area contributed by atoms with Crippen molar-refractivity contribution in [2.75, 3.05) is 7.11 Å². The molecular weight excluding hydrogens is 180 g/mol. The van der Waals surface area contributed by atoms with Gasteiger partial charge in [-0.25, -0.2) is 0 Å². The molecule has 0 saturated heterocycles. The van der Waals surface area contributed by atoms with Crippen molar-refractivity contribution >= 4 is 11.5 Å². The molecule has 0 bridgehead atoms. The lowest BCUT2D eigenvalue weighted by atomic mass is 10.1. The number of methoxy groups -OCH3 is 1. The van der Waals surface area contributed by atoms with Crippen LogP contribution in [0.1, 0.15) is 12.5 Å². The van der Waals surface area contributed by atoms with Crippen LogP contribution in [0.4, 0.5) is 0 Å². The number of benzene rings is 1. The van der Waals surface area contributed by atoms with Gasteiger partial charge in [-0.3, -0.25) is 4.79 Å². The van der Waals surface area contributed by atoms with E-state index in [4.69, 9.17) is 4.74 Å². The molecule has 0 aromatic heterocycles. The van der Waals surface area contributed by atoms with Crippen LogP contribution in [0, 0.1) is 0 Å². The molecule has 0 atom stereocenters. The molecule has 0 saturated carbocycles. The number of aliphatic hydroxyl groups is 1. The summed E-state index contributed by atoms with van der Waals surface area (Å²) in [5.41, 5.74) is 0.569. The summed E-state index contributed by atoms with van der Waals surface area (Å²) in [5.74, 6) is 0.410. The van der Waals surface area contributed by atoms with E-state index >= 15 is 0 Å². The maximum atomic E-state index is 10.7. The van der Waals surface area contributed by atoms with Gasteiger partial charge in [0.15, 0.2) is 5.78 Å². The number of aliphatic hydroxyl groups excluding tert-OH is 1. The first-order valence-electron chi connectivity index (χ1n) is 4.19. The fraction of sp³-hybridized carbons (Fsp3) is 0.182. The predicted octanol–water partition coefficient (Wildman–Crippen LogP) is 2.18. The van der Waals surface area contributed by atoms with Gasteiger partial charge >= 0.3 is 0 Å². The summed E-state index contributed by atoms with van der Waals surface area (Å²) in [5, 5.41) is 9.50. The Kier molecular flexibility index (Phi) is 3.29. The quantitative estimate of drug-likeness (QED) is 0.589. The third-order valence-corrected chi connectivity index (χ3v) is 1.71. The molecule has 1 rings (SSSR count). The summed E-state index contributed by atoms with van der Waals surface area (Å²) < 4.78 is 4.99. The monoisotopic (exact) mass is 192 g/mol. The molecular formula is C11H12O3. The van der Waals surface area contributed by atoms with E-state index in [2.05, 4.69) is 0 Å². The van der Waals surface area contributed by atoms with Gasteiger partial charge < -0.3 is 9.84 Å². The topological polar surface area (TPSA) is 46.5 Å². The Hall–Kier alpha value is -1.77. The highest BCUT2D eigenvalue weighted by molar-refractivity contribution is 5.93. The third kappa shape index (κ3) is 2.62. The van der Waals surface area contributed by atoms with Gasteiger partial charge in [-0.05, 0) is 19.1 Å². The molecule has 1 aromatic rings. The van der Waals surface area contributed by atoms with Crippen molar-refractivity contribution < 1.29 is 14.6 Å². The van der Waals surface area contributed by atoms with E-state index < -0.39 is 0 Å². The summed E-state index contributed by atoms with van der Waals surface area (Å²) in [6.07, 6.45) is 1.18. The molecule has 3 heteroatoms. The van der Waals surface area contributed by atoms with E-state index in [0.29, 0.717) is 11.3 Å². The van der Waals surface area contributed by atoms with Gasteiger partial charge in [0, 0.05) is 11.6 Å². The summed E-state index contributed by atoms with van der Waals surface area (Å²) in [6, 6.07) is 6.88. The first-order valence-corrected chi connectivity index (χ1v) is 4.19. The molecule has 0 radical (unpaired) electrons. The number of ether oxygens (including phenoxy) is 1. The maximum Gasteiger partial charge on any atom is 0.156 e. The number of ketones is 1. The van der Waals surface area contributed by atoms with Crippen LogP contribution in [-0.4, -0.2) is 18.0 Å². The molecule has 0 unspecified atom stereocenters. The van der Waals surface area contributed by atoms with Crippen molar-refractivity contribution in [1.82, 2.24) is 0 Å². The lowest BCUT2D eigenvalue weighted by Gasteiger charge is -2.02. The minimum Gasteiger partial charge on any atom is -0.507 e. The van der Waals surface area contributed by atoms with Gasteiger partial charge in [0.2, 0.25) is 0 Å². The smallest absolute Gasteiger partial charge is 0.156 e. The van der Waals surface area contributed by atoms with Crippen molar-refractivity contribution in [2.24, 2.45) is 0 Å². The molecule has 0 aliphatic rings. The molecule has 3 nitrogen and oxygen atoms in total. The Morgan fingerprint density at radius 1 is 1.50 bits per heavy atom. The maximum absolute atomic E-state index is 10.7. The normalized spacial score (nSPS) is 11.1. The van der Waals surface area contributed by atoms with Crippen LogP contribution in [0.3, 0.4) is 0 Å². The minimum absolute atomic E-state index is 0.0450. The average molecular weight is 192 g/mol. The summed E-state index contributed by atoms with van der Waals surface area (Å²) in [6.45, 7) is 1.39. The van der Waals surface area contributed by atoms with Gasteiger partial charge in [-0.15, -0.1) is 0 Å². The summed E-state index contributed by atoms with van der Waals surface area (Å²) in [7, 11) is 1.55. The van der Waals surface area contributed by atoms with E-state index in [1.807, 2.05) is 0 Å². The molecule has 14 heavy (non-hydrogen) atoms. The summed E-state index contributed by atoms with van der Waals surface area (Å²) in [4.78, 5) is 10.7. The fourth-order valence-corrected chi connectivity index (χ4v) is 1.06. The number of allylic oxidation sites excluding steroid dienone is 1. The second-order valence-electron chi connectivity index (χ2n) is 2.87. The number of carbonyl (C=O) groups excluding carboxylic acids is 1. The lowest BCUT2D eigenvalue weighted by Crippen LogP contribution is -1.90. The van der Waals surface area contributed by atoms with E-state index in [-0.39, 0.29) is 11.5 Å². The van der Waals surface area contributed by atoms with Crippen LogP contribution in [0.25, 0.3) is 5.76 Å². The van der Waals surface area contributed by atoms with E-state index in [0.717, 1.165) is 0 Å². The van der Waals surface area contributed by atoms with Crippen molar-refractivity contribution in [3.8, 4) is 5.75 Å². The van der Waals surface area contributed by atoms with Crippen molar-refractivity contribution in [3.05, 3.63) is 35.9 Å². The van der Waals surface area contributed by atoms with E-state index in [1.54, 1.807) is 31.4 Å². The highest BCUT2D eigenvalue weighted by Crippen LogP contribution is 2.17. The molecule has 0 aliphatic heterocycles. The Balaban J connectivity index is 3.01. The van der Waals surface area contributed by atoms with Gasteiger partial charge in [0.1, 0.15) is 11.5 Å². The number of hydrogen-bond acceptors (Lipinski definition) is 3. The lowest BCUT2D eigenvalue weighted by molar-refractivity contribution is -0.112. The Labute approximate surface area is 82.6 Å². The fourth-order valence-electron chi connectivity index (χ4n) is 1.06. The molecule has 1 aromatic carbocycles. The number of hydrogen-bond donors (Lipinski definition) is 1. The molecule has 0 fully saturated rings. The zero-order valence-electron chi connectivity index (χ0n) is 8.15. The standard InChI is InChI=1S/C11H12O3/c1-8(12)6-11(13)9-4-3-5-10(7-9)14-2/h3-7,13H,1-2H3/b11-6+. The van der Waals surface area contributed by atoms with E-state index in [1.165, 1.54) is 13.0 Å². The van der Waals surface area contributed by atoms with Crippen LogP contribution in [0.15, 0.2) is 30.3 Å². The Morgan fingerprint density at radius 2 is 2.21 bits per heavy atom. The van der Waals surface area contributed by atoms with Crippen molar-refractivity contribution in [2.45, 2.75) is 6.92 Å². The van der Waals surface area contributed by atoms with Crippen molar-refractivity contribution in [3.63, 3.8) is 0 Å². The predicted molar refractivity (Wildman–Crippen MR) is 54.3 cm³/mol. The molecule has 0 heterocycles. The van der Waals surface area contributed by atoms with Crippen LogP contribution in [0.5, 0.6) is 5.75 Å². The first kappa shape index (κ1) is 10.3. The van der Waals surface area contributed by atoms with Crippen LogP contribution < -0.4 is 4.74 Å². The number of carbonyl (C=O) groups is 1. The largest absolute Gasteiger partial charge is 0.507 e. The molecule has 74 valence electrons. The Morgan fingerprint density at radius 3 is 2.79 bits per heavy atom. The zero-order valence-corrected chi connectivity index (χ0v) is 8.15. The SMILES string of the molecule is COc1cccc(/C(O)=C\C(C)=O)c1. The van der Waals surface area contributed by atoms with Gasteiger partial charge in [-0.2, -0.15) is 0 Å². The highest BCUT2D eigenvalue weighted by atomic mass is 16.5. The second kappa shape index (κ2) is 4.46. The molecule has 1 N–H and O–H groups in total. The Bertz CT molecular complexity index is 367. The van der Waals surface area contributed by atoms with Gasteiger partial charge in [-0.1, -0.05) is 12.1 Å². The molecule has 0 aliphatic carbocycles. The van der Waals surface area contributed by atoms with E-state index in [9.17, 15) is 9.90 Å². The zero-order chi connectivity index (χ0) is 10.6. The third-order valence-electron chi connectivity index (χ3n) is 1.71. The summed E-state index contributed by atoms with van der Waals surface area (Å²) >= 11 is 0. The van der Waals surface area contributed by atoms with Crippen LogP contribution >= 0.6 is 0 Å². The molecule has 0 spiro atoms. The minimum atomic E-state index is -0.190. The van der Waals surface area contributed by atoms with Crippen LogP contribution in [0.2, 0.25) is 0 Å². The van der Waals surface area contributed by atoms with Gasteiger partial charge in [0.05, 0.1) is 7.11 Å². The first-order chi connectivity index (χ1) is 6.63. The van der Waals surface area contributed by atoms with Gasteiger partial charge in [0.25, 0.3) is 0 Å². The van der Waals surface area contributed by atoms with Crippen LogP contribution in [-0.2, 0) is 4.79 Å². The number of rotatable bonds is 3. The second-order valence-corrected chi connectivity index (χ2v) is 2.87. The highest BCUT2D eigenvalue weighted by Gasteiger charge is 2.01. The average Bonchev–Trinajstić information content (AvgIpc) is 2.17. The van der Waals surface area contributed by atoms with Crippen molar-refractivity contribution in [1.29, 1.82) is 0 Å².